The number of hydrogen-bond acceptors (Lipinski definition) is 5. The molecule has 2 saturated heterocycles. The third-order valence-corrected chi connectivity index (χ3v) is 6.48. The topological polar surface area (TPSA) is 95.0 Å². The molecule has 7 nitrogen and oxygen atoms in total. The summed E-state index contributed by atoms with van der Waals surface area (Å²) in [6.45, 7) is 2.99. The summed E-state index contributed by atoms with van der Waals surface area (Å²) in [6.07, 6.45) is -2.27. The number of rotatable bonds is 5. The molecule has 174 valence electrons. The van der Waals surface area contributed by atoms with Crippen molar-refractivity contribution in [3.8, 4) is 0 Å². The normalized spacial score (nSPS) is 27.1. The van der Waals surface area contributed by atoms with Crippen LogP contribution in [-0.4, -0.2) is 92.0 Å². The second-order valence-corrected chi connectivity index (χ2v) is 10.7. The fraction of sp³-hybridized carbons (Fsp3) is 0.882. The van der Waals surface area contributed by atoms with Gasteiger partial charge in [0.2, 0.25) is 11.8 Å². The number of amides is 1. The molecule has 1 atom stereocenters. The first-order chi connectivity index (χ1) is 13.5. The minimum absolute atomic E-state index is 0.00427. The number of likely N-dealkylation sites (tertiary alicyclic amines) is 2. The Morgan fingerprint density at radius 2 is 1.80 bits per heavy atom. The Morgan fingerprint density at radius 1 is 1.23 bits per heavy atom. The second-order valence-electron chi connectivity index (χ2n) is 8.41. The number of carbonyl (C=O) groups is 2. The molecule has 2 aliphatic heterocycles. The summed E-state index contributed by atoms with van der Waals surface area (Å²) in [6, 6.07) is 0. The highest BCUT2D eigenvalue weighted by Gasteiger charge is 2.54. The maximum atomic E-state index is 12.9. The number of halogens is 5. The van der Waals surface area contributed by atoms with Crippen LogP contribution < -0.4 is 0 Å². The Hall–Kier alpha value is -1.50. The van der Waals surface area contributed by atoms with Crippen LogP contribution in [0.2, 0.25) is 0 Å². The van der Waals surface area contributed by atoms with Crippen molar-refractivity contribution in [2.45, 2.75) is 37.8 Å². The fourth-order valence-corrected chi connectivity index (χ4v) is 4.72. The molecule has 0 aromatic carbocycles. The van der Waals surface area contributed by atoms with Gasteiger partial charge in [-0.3, -0.25) is 4.79 Å². The summed E-state index contributed by atoms with van der Waals surface area (Å²) in [5, 5.41) is 7.12. The fourth-order valence-electron chi connectivity index (χ4n) is 4.17. The Kier molecular flexibility index (Phi) is 7.07. The van der Waals surface area contributed by atoms with Gasteiger partial charge in [-0.2, -0.15) is 13.2 Å². The van der Waals surface area contributed by atoms with Crippen LogP contribution in [0.15, 0.2) is 0 Å². The van der Waals surface area contributed by atoms with E-state index in [9.17, 15) is 35.2 Å². The molecule has 1 N–H and O–H groups in total. The first-order valence-corrected chi connectivity index (χ1v) is 11.5. The number of sulfone groups is 1. The van der Waals surface area contributed by atoms with E-state index < -0.39 is 33.3 Å². The van der Waals surface area contributed by atoms with Crippen LogP contribution >= 0.6 is 0 Å². The quantitative estimate of drug-likeness (QED) is 0.491. The molecule has 1 amide bonds. The number of aliphatic carboxylic acids is 1. The highest BCUT2D eigenvalue weighted by molar-refractivity contribution is 7.90. The average Bonchev–Trinajstić information content (AvgIpc) is 2.56. The Labute approximate surface area is 171 Å². The summed E-state index contributed by atoms with van der Waals surface area (Å²) in [4.78, 5) is 25.1. The maximum absolute atomic E-state index is 12.9. The lowest BCUT2D eigenvalue weighted by Gasteiger charge is -2.54. The number of carboxylic acid groups (broad SMARTS) is 1. The molecule has 1 saturated carbocycles. The van der Waals surface area contributed by atoms with E-state index in [1.165, 1.54) is 6.26 Å². The lowest BCUT2D eigenvalue weighted by Crippen LogP contribution is -2.67. The first kappa shape index (κ1) is 24.8. The van der Waals surface area contributed by atoms with Gasteiger partial charge in [0.05, 0.1) is 11.2 Å². The number of β-lactam (4-membered cyclic amide) rings is 1. The molecule has 3 fully saturated rings. The van der Waals surface area contributed by atoms with Crippen molar-refractivity contribution in [1.29, 1.82) is 0 Å². The van der Waals surface area contributed by atoms with Crippen molar-refractivity contribution in [3.05, 3.63) is 0 Å². The van der Waals surface area contributed by atoms with Crippen molar-refractivity contribution in [3.63, 3.8) is 0 Å². The van der Waals surface area contributed by atoms with E-state index in [1.807, 2.05) is 0 Å². The molecule has 3 aliphatic rings. The molecule has 0 aromatic heterocycles. The van der Waals surface area contributed by atoms with Crippen LogP contribution in [0.3, 0.4) is 0 Å². The first-order valence-electron chi connectivity index (χ1n) is 9.40. The SMILES string of the molecule is CS(=O)(=O)CCN1CC2(CCCN(CC3CC(F)(F)C3)C2)C1=O.O=C(O)C(F)(F)F. The van der Waals surface area contributed by atoms with Crippen LogP contribution in [0.25, 0.3) is 0 Å². The van der Waals surface area contributed by atoms with E-state index in [2.05, 4.69) is 4.90 Å². The minimum atomic E-state index is -5.08. The summed E-state index contributed by atoms with van der Waals surface area (Å²) >= 11 is 0. The number of hydrogen-bond donors (Lipinski definition) is 1. The van der Waals surface area contributed by atoms with E-state index in [0.29, 0.717) is 19.6 Å². The summed E-state index contributed by atoms with van der Waals surface area (Å²) in [5.41, 5.74) is -0.401. The number of piperidine rings is 1. The second kappa shape index (κ2) is 8.56. The molecule has 2 heterocycles. The van der Waals surface area contributed by atoms with Gasteiger partial charge in [-0.15, -0.1) is 0 Å². The zero-order valence-corrected chi connectivity index (χ0v) is 17.2. The van der Waals surface area contributed by atoms with E-state index >= 15 is 0 Å². The lowest BCUT2D eigenvalue weighted by molar-refractivity contribution is -0.192. The van der Waals surface area contributed by atoms with Crippen LogP contribution in [0, 0.1) is 11.3 Å². The number of carbonyl (C=O) groups excluding carboxylic acids is 1. The van der Waals surface area contributed by atoms with Crippen molar-refractivity contribution >= 4 is 21.7 Å². The molecule has 1 unspecified atom stereocenters. The molecule has 13 heteroatoms. The Balaban J connectivity index is 0.000000396. The van der Waals surface area contributed by atoms with Crippen LogP contribution in [0.1, 0.15) is 25.7 Å². The predicted octanol–water partition coefficient (Wildman–Crippen LogP) is 1.63. The lowest BCUT2D eigenvalue weighted by atomic mass is 9.71. The highest BCUT2D eigenvalue weighted by Crippen LogP contribution is 2.45. The van der Waals surface area contributed by atoms with Crippen LogP contribution in [0.5, 0.6) is 0 Å². The molecular formula is C17H25F5N2O5S. The third-order valence-electron chi connectivity index (χ3n) is 5.56. The van der Waals surface area contributed by atoms with Gasteiger partial charge in [0, 0.05) is 45.3 Å². The highest BCUT2D eigenvalue weighted by atomic mass is 32.2. The van der Waals surface area contributed by atoms with Gasteiger partial charge in [0.25, 0.3) is 0 Å². The van der Waals surface area contributed by atoms with Crippen LogP contribution in [0.4, 0.5) is 22.0 Å². The average molecular weight is 464 g/mol. The van der Waals surface area contributed by atoms with Gasteiger partial charge in [-0.25, -0.2) is 22.0 Å². The van der Waals surface area contributed by atoms with Gasteiger partial charge in [-0.1, -0.05) is 0 Å². The van der Waals surface area contributed by atoms with Crippen molar-refractivity contribution in [2.24, 2.45) is 11.3 Å². The van der Waals surface area contributed by atoms with E-state index in [4.69, 9.17) is 9.90 Å². The molecule has 3 rings (SSSR count). The number of carboxylic acids is 1. The molecule has 0 aromatic rings. The summed E-state index contributed by atoms with van der Waals surface area (Å²) < 4.78 is 80.0. The molecular weight excluding hydrogens is 439 g/mol. The maximum Gasteiger partial charge on any atom is 0.490 e. The molecule has 30 heavy (non-hydrogen) atoms. The summed E-state index contributed by atoms with van der Waals surface area (Å²) in [7, 11) is -3.07. The Morgan fingerprint density at radius 3 is 2.23 bits per heavy atom. The van der Waals surface area contributed by atoms with E-state index in [1.54, 1.807) is 4.90 Å². The van der Waals surface area contributed by atoms with E-state index in [-0.39, 0.29) is 37.0 Å². The number of nitrogens with zero attached hydrogens (tertiary/aromatic N) is 2. The zero-order valence-electron chi connectivity index (χ0n) is 16.4. The monoisotopic (exact) mass is 464 g/mol. The van der Waals surface area contributed by atoms with Crippen molar-refractivity contribution < 1.29 is 45.1 Å². The van der Waals surface area contributed by atoms with E-state index in [0.717, 1.165) is 19.4 Å². The molecule has 0 bridgehead atoms. The molecule has 1 aliphatic carbocycles. The van der Waals surface area contributed by atoms with Crippen LogP contribution in [-0.2, 0) is 19.4 Å². The summed E-state index contributed by atoms with van der Waals surface area (Å²) in [5.74, 6) is -5.18. The molecule has 0 radical (unpaired) electrons. The van der Waals surface area contributed by atoms with Gasteiger partial charge < -0.3 is 14.9 Å². The molecule has 1 spiro atoms. The van der Waals surface area contributed by atoms with Crippen molar-refractivity contribution in [2.75, 3.05) is 44.7 Å². The third kappa shape index (κ3) is 6.50. The standard InChI is InChI=1S/C15H24F2N2O3S.C2HF3O2/c1-23(21,22)6-5-19-11-14(13(19)20)3-2-4-18(10-14)9-12-7-15(16,17)8-12;3-2(4,5)1(6)7/h12H,2-11H2,1H3;(H,6,7). The number of alkyl halides is 5. The Bertz CT molecular complexity index is 765. The van der Waals surface area contributed by atoms with Crippen molar-refractivity contribution in [1.82, 2.24) is 9.80 Å². The predicted molar refractivity (Wildman–Crippen MR) is 95.8 cm³/mol. The van der Waals surface area contributed by atoms with Gasteiger partial charge >= 0.3 is 12.1 Å². The largest absolute Gasteiger partial charge is 0.490 e. The zero-order chi connectivity index (χ0) is 23.0. The van der Waals surface area contributed by atoms with Gasteiger partial charge in [0.15, 0.2) is 0 Å². The minimum Gasteiger partial charge on any atom is -0.475 e. The smallest absolute Gasteiger partial charge is 0.475 e. The van der Waals surface area contributed by atoms with Gasteiger partial charge in [0.1, 0.15) is 9.84 Å². The van der Waals surface area contributed by atoms with Gasteiger partial charge in [-0.05, 0) is 25.3 Å².